The first-order valence-electron chi connectivity index (χ1n) is 10.4. The summed E-state index contributed by atoms with van der Waals surface area (Å²) in [7, 11) is 2.44. The minimum atomic E-state index is -0.744. The molecule has 178 valence electrons. The van der Waals surface area contributed by atoms with Gasteiger partial charge in [0.2, 0.25) is 0 Å². The fraction of sp³-hybridized carbons (Fsp3) is 0.115. The minimum Gasteiger partial charge on any atom is -0.489 e. The number of esters is 2. The Balaban J connectivity index is 1.78. The number of hydrogen-bond donors (Lipinski definition) is 0. The van der Waals surface area contributed by atoms with Gasteiger partial charge in [0.05, 0.1) is 24.9 Å². The van der Waals surface area contributed by atoms with Gasteiger partial charge >= 0.3 is 11.9 Å². The number of aromatic nitrogens is 2. The molecule has 1 aromatic heterocycles. The summed E-state index contributed by atoms with van der Waals surface area (Å²) in [6.45, 7) is 0.0955. The lowest BCUT2D eigenvalue weighted by Gasteiger charge is -2.09. The van der Waals surface area contributed by atoms with Crippen LogP contribution in [0.4, 0.5) is 4.39 Å². The second kappa shape index (κ2) is 10.4. The van der Waals surface area contributed by atoms with Crippen LogP contribution in [0, 0.1) is 5.82 Å². The first-order chi connectivity index (χ1) is 16.9. The molecule has 0 N–H and O–H groups in total. The molecule has 0 aliphatic rings. The molecule has 0 aliphatic carbocycles. The highest BCUT2D eigenvalue weighted by atomic mass is 35.5. The Labute approximate surface area is 205 Å². The second-order valence-corrected chi connectivity index (χ2v) is 7.76. The van der Waals surface area contributed by atoms with Crippen LogP contribution >= 0.6 is 11.6 Å². The summed E-state index contributed by atoms with van der Waals surface area (Å²) in [5, 5.41) is 4.82. The first-order valence-corrected chi connectivity index (χ1v) is 10.8. The topological polar surface area (TPSA) is 79.7 Å². The van der Waals surface area contributed by atoms with Gasteiger partial charge in [-0.1, -0.05) is 48.0 Å². The molecule has 35 heavy (non-hydrogen) atoms. The molecule has 4 rings (SSSR count). The maximum absolute atomic E-state index is 13.3. The van der Waals surface area contributed by atoms with Gasteiger partial charge in [0.25, 0.3) is 0 Å². The molecule has 0 atom stereocenters. The number of para-hydroxylation sites is 1. The third kappa shape index (κ3) is 5.02. The lowest BCUT2D eigenvalue weighted by atomic mass is 10.1. The Morgan fingerprint density at radius 3 is 2.37 bits per heavy atom. The maximum Gasteiger partial charge on any atom is 0.357 e. The van der Waals surface area contributed by atoms with E-state index >= 15 is 0 Å². The van der Waals surface area contributed by atoms with Crippen LogP contribution in [0.15, 0.2) is 72.8 Å². The second-order valence-electron chi connectivity index (χ2n) is 7.35. The molecule has 0 saturated carbocycles. The summed E-state index contributed by atoms with van der Waals surface area (Å²) in [5.74, 6) is -1.47. The van der Waals surface area contributed by atoms with E-state index in [2.05, 4.69) is 5.10 Å². The Kier molecular flexibility index (Phi) is 7.12. The summed E-state index contributed by atoms with van der Waals surface area (Å²) in [6, 6.07) is 19.8. The smallest absolute Gasteiger partial charge is 0.357 e. The zero-order valence-corrected chi connectivity index (χ0v) is 19.6. The van der Waals surface area contributed by atoms with E-state index < -0.39 is 17.8 Å². The molecule has 7 nitrogen and oxygen atoms in total. The molecule has 9 heteroatoms. The average Bonchev–Trinajstić information content (AvgIpc) is 3.29. The highest BCUT2D eigenvalue weighted by Gasteiger charge is 2.31. The van der Waals surface area contributed by atoms with Crippen LogP contribution < -0.4 is 4.74 Å². The predicted octanol–water partition coefficient (Wildman–Crippen LogP) is 5.48. The maximum atomic E-state index is 13.3. The van der Waals surface area contributed by atoms with Gasteiger partial charge < -0.3 is 14.2 Å². The fourth-order valence-corrected chi connectivity index (χ4v) is 3.71. The monoisotopic (exact) mass is 494 g/mol. The van der Waals surface area contributed by atoms with Crippen LogP contribution in [0.3, 0.4) is 0 Å². The molecule has 0 fully saturated rings. The van der Waals surface area contributed by atoms with E-state index in [-0.39, 0.29) is 28.6 Å². The highest BCUT2D eigenvalue weighted by molar-refractivity contribution is 6.31. The number of carbonyl (C=O) groups is 2. The van der Waals surface area contributed by atoms with E-state index in [1.165, 1.54) is 31.0 Å². The van der Waals surface area contributed by atoms with Gasteiger partial charge in [-0.3, -0.25) is 0 Å². The van der Waals surface area contributed by atoms with Gasteiger partial charge in [0, 0.05) is 11.1 Å². The minimum absolute atomic E-state index is 0.0399. The van der Waals surface area contributed by atoms with Gasteiger partial charge in [-0.2, -0.15) is 5.10 Å². The highest BCUT2D eigenvalue weighted by Crippen LogP contribution is 2.31. The fourth-order valence-electron chi connectivity index (χ4n) is 3.49. The molecule has 0 aliphatic heterocycles. The van der Waals surface area contributed by atoms with E-state index in [1.807, 2.05) is 6.07 Å². The number of methoxy groups -OCH3 is 2. The molecule has 3 aromatic carbocycles. The summed E-state index contributed by atoms with van der Waals surface area (Å²) in [5.41, 5.74) is 1.78. The van der Waals surface area contributed by atoms with Crippen molar-refractivity contribution in [1.29, 1.82) is 0 Å². The number of halogens is 2. The molecule has 0 radical (unpaired) electrons. The molecule has 1 heterocycles. The van der Waals surface area contributed by atoms with Crippen molar-refractivity contribution in [2.45, 2.75) is 6.61 Å². The lowest BCUT2D eigenvalue weighted by molar-refractivity contribution is 0.0549. The quantitative estimate of drug-likeness (QED) is 0.316. The van der Waals surface area contributed by atoms with E-state index in [1.54, 1.807) is 54.6 Å². The van der Waals surface area contributed by atoms with Gasteiger partial charge in [0.1, 0.15) is 29.4 Å². The Bertz CT molecular complexity index is 1390. The molecular weight excluding hydrogens is 475 g/mol. The largest absolute Gasteiger partial charge is 0.489 e. The molecule has 0 amide bonds. The van der Waals surface area contributed by atoms with Gasteiger partial charge in [-0.15, -0.1) is 0 Å². The van der Waals surface area contributed by atoms with Crippen molar-refractivity contribution in [1.82, 2.24) is 9.78 Å². The summed E-state index contributed by atoms with van der Waals surface area (Å²) < 4.78 is 30.4. The molecule has 0 bridgehead atoms. The Morgan fingerprint density at radius 2 is 1.69 bits per heavy atom. The Morgan fingerprint density at radius 1 is 0.943 bits per heavy atom. The normalized spacial score (nSPS) is 10.6. The summed E-state index contributed by atoms with van der Waals surface area (Å²) in [4.78, 5) is 25.5. The lowest BCUT2D eigenvalue weighted by Crippen LogP contribution is -2.15. The number of carbonyl (C=O) groups excluding carboxylic acids is 2. The van der Waals surface area contributed by atoms with Crippen LogP contribution in [0.25, 0.3) is 16.9 Å². The van der Waals surface area contributed by atoms with Gasteiger partial charge in [-0.25, -0.2) is 18.7 Å². The van der Waals surface area contributed by atoms with Crippen LogP contribution in [0.1, 0.15) is 26.4 Å². The molecule has 0 saturated heterocycles. The van der Waals surface area contributed by atoms with Crippen molar-refractivity contribution in [2.75, 3.05) is 14.2 Å². The van der Waals surface area contributed by atoms with Crippen molar-refractivity contribution < 1.29 is 28.2 Å². The van der Waals surface area contributed by atoms with Crippen molar-refractivity contribution >= 4 is 23.5 Å². The molecular formula is C26H20ClFN2O5. The van der Waals surface area contributed by atoms with E-state index in [4.69, 9.17) is 25.8 Å². The van der Waals surface area contributed by atoms with E-state index in [0.717, 1.165) is 0 Å². The van der Waals surface area contributed by atoms with E-state index in [0.29, 0.717) is 22.6 Å². The van der Waals surface area contributed by atoms with Gasteiger partial charge in [-0.05, 0) is 36.4 Å². The van der Waals surface area contributed by atoms with Crippen molar-refractivity contribution in [2.24, 2.45) is 0 Å². The number of nitrogens with zero attached hydrogens (tertiary/aromatic N) is 2. The van der Waals surface area contributed by atoms with Crippen LogP contribution in [0.2, 0.25) is 5.02 Å². The standard InChI is InChI=1S/C26H20ClFN2O5/c1-33-25(31)22-23(29-30(24(22)26(32)34-2)19-8-4-3-5-9-19)16-7-6-10-20(13-16)35-15-17-11-12-18(28)14-21(17)27/h3-14H,15H2,1-2H3. The SMILES string of the molecule is COC(=O)c1c(-c2cccc(OCc3ccc(F)cc3Cl)c2)nn(-c2ccccc2)c1C(=O)OC. The van der Waals surface area contributed by atoms with Crippen LogP contribution in [0.5, 0.6) is 5.75 Å². The number of benzene rings is 3. The average molecular weight is 495 g/mol. The number of ether oxygens (including phenoxy) is 3. The third-order valence-corrected chi connectivity index (χ3v) is 5.52. The van der Waals surface area contributed by atoms with Crippen molar-refractivity contribution in [3.8, 4) is 22.7 Å². The molecule has 0 unspecified atom stereocenters. The first kappa shape index (κ1) is 24.0. The van der Waals surface area contributed by atoms with Crippen LogP contribution in [-0.2, 0) is 16.1 Å². The zero-order chi connectivity index (χ0) is 24.9. The van der Waals surface area contributed by atoms with Gasteiger partial charge in [0.15, 0.2) is 5.69 Å². The number of hydrogen-bond acceptors (Lipinski definition) is 6. The van der Waals surface area contributed by atoms with Crippen LogP contribution in [-0.4, -0.2) is 35.9 Å². The Hall–Kier alpha value is -4.17. The zero-order valence-electron chi connectivity index (χ0n) is 18.8. The number of rotatable bonds is 7. The predicted molar refractivity (Wildman–Crippen MR) is 127 cm³/mol. The van der Waals surface area contributed by atoms with E-state index in [9.17, 15) is 14.0 Å². The molecule has 0 spiro atoms. The van der Waals surface area contributed by atoms with Crippen molar-refractivity contribution in [3.05, 3.63) is 100 Å². The molecule has 4 aromatic rings. The summed E-state index contributed by atoms with van der Waals surface area (Å²) in [6.07, 6.45) is 0. The summed E-state index contributed by atoms with van der Waals surface area (Å²) >= 11 is 6.09. The van der Waals surface area contributed by atoms with Crippen molar-refractivity contribution in [3.63, 3.8) is 0 Å². The third-order valence-electron chi connectivity index (χ3n) is 5.17.